The van der Waals surface area contributed by atoms with Gasteiger partial charge in [0.15, 0.2) is 0 Å². The first-order chi connectivity index (χ1) is 16.8. The second-order valence-electron chi connectivity index (χ2n) is 9.84. The van der Waals surface area contributed by atoms with E-state index < -0.39 is 0 Å². The van der Waals surface area contributed by atoms with E-state index in [0.29, 0.717) is 0 Å². The van der Waals surface area contributed by atoms with Gasteiger partial charge < -0.3 is 0 Å². The molecule has 0 saturated heterocycles. The SMILES string of the molecule is c1cnc2c(n1)C1CCC2c2nc3cc4nc5c(nc4cc3nc21)C1CCC5c2nccnc21. The average molecular weight is 442 g/mol. The highest BCUT2D eigenvalue weighted by Gasteiger charge is 2.43. The number of fused-ring (bicyclic) bond motifs is 4. The highest BCUT2D eigenvalue weighted by Crippen LogP contribution is 2.51. The molecule has 11 rings (SSSR count). The van der Waals surface area contributed by atoms with Gasteiger partial charge in [0, 0.05) is 48.5 Å². The van der Waals surface area contributed by atoms with Crippen molar-refractivity contribution >= 4 is 22.1 Å². The Morgan fingerprint density at radius 2 is 0.647 bits per heavy atom. The molecule has 6 aliphatic rings. The van der Waals surface area contributed by atoms with Gasteiger partial charge in [0.25, 0.3) is 0 Å². The minimum Gasteiger partial charge on any atom is -0.257 e. The molecule has 4 aromatic heterocycles. The third-order valence-electron chi connectivity index (χ3n) is 8.20. The van der Waals surface area contributed by atoms with Gasteiger partial charge in [-0.1, -0.05) is 0 Å². The van der Waals surface area contributed by atoms with E-state index in [1.807, 2.05) is 0 Å². The summed E-state index contributed by atoms with van der Waals surface area (Å²) in [5.74, 6) is 0.710. The van der Waals surface area contributed by atoms with Crippen molar-refractivity contribution in [1.29, 1.82) is 0 Å². The molecule has 1 aromatic carbocycles. The molecule has 4 bridgehead atoms. The van der Waals surface area contributed by atoms with Gasteiger partial charge in [-0.05, 0) is 37.8 Å². The first-order valence-electron chi connectivity index (χ1n) is 12.0. The maximum atomic E-state index is 5.12. The number of aromatic nitrogens is 8. The Kier molecular flexibility index (Phi) is 3.06. The molecular weight excluding hydrogens is 424 g/mol. The normalized spacial score (nSPS) is 25.2. The van der Waals surface area contributed by atoms with E-state index in [1.165, 1.54) is 0 Å². The Hall–Kier alpha value is -3.94. The second kappa shape index (κ2) is 5.94. The summed E-state index contributed by atoms with van der Waals surface area (Å²) in [7, 11) is 0. The van der Waals surface area contributed by atoms with Crippen LogP contribution < -0.4 is 0 Å². The summed E-state index contributed by atoms with van der Waals surface area (Å²) < 4.78 is 0. The number of hydrogen-bond donors (Lipinski definition) is 0. The fourth-order valence-corrected chi connectivity index (χ4v) is 6.76. The molecule has 4 unspecified atom stereocenters. The molecule has 0 radical (unpaired) electrons. The fraction of sp³-hybridized carbons (Fsp3) is 0.308. The molecule has 5 aromatic rings. The first kappa shape index (κ1) is 17.5. The van der Waals surface area contributed by atoms with E-state index in [1.54, 1.807) is 24.8 Å². The molecule has 0 fully saturated rings. The van der Waals surface area contributed by atoms with Gasteiger partial charge in [-0.15, -0.1) is 0 Å². The van der Waals surface area contributed by atoms with Crippen LogP contribution in [0.5, 0.6) is 0 Å². The third-order valence-corrected chi connectivity index (χ3v) is 8.20. The van der Waals surface area contributed by atoms with Crippen molar-refractivity contribution in [3.8, 4) is 0 Å². The summed E-state index contributed by atoms with van der Waals surface area (Å²) >= 11 is 0. The van der Waals surface area contributed by atoms with Crippen molar-refractivity contribution in [2.24, 2.45) is 0 Å². The quantitative estimate of drug-likeness (QED) is 0.333. The van der Waals surface area contributed by atoms with Crippen LogP contribution in [-0.2, 0) is 0 Å². The summed E-state index contributed by atoms with van der Waals surface area (Å²) in [6.45, 7) is 0. The Labute approximate surface area is 194 Å². The molecule has 8 heteroatoms. The van der Waals surface area contributed by atoms with Crippen LogP contribution in [0, 0.1) is 0 Å². The standard InChI is InChI=1S/C26H18N8/c1-2-12-20-19(27-5-6-28-20)11(1)23-24(12)32-16-10-18-17(9-15(16)31-23)33-25-13-3-4-14(26(25)34-18)22-21(13)29-7-8-30-22/h5-14H,1-4H2. The molecule has 4 heterocycles. The van der Waals surface area contributed by atoms with Crippen molar-refractivity contribution in [3.63, 3.8) is 0 Å². The molecule has 0 aliphatic heterocycles. The Bertz CT molecular complexity index is 1470. The molecule has 162 valence electrons. The minimum absolute atomic E-state index is 0.178. The maximum absolute atomic E-state index is 5.12. The molecule has 0 saturated carbocycles. The topological polar surface area (TPSA) is 103 Å². The highest BCUT2D eigenvalue weighted by molar-refractivity contribution is 5.91. The molecule has 0 spiro atoms. The lowest BCUT2D eigenvalue weighted by Crippen LogP contribution is -2.29. The van der Waals surface area contributed by atoms with Gasteiger partial charge in [0.05, 0.1) is 67.6 Å². The summed E-state index contributed by atoms with van der Waals surface area (Å²) in [6.07, 6.45) is 11.3. The van der Waals surface area contributed by atoms with Gasteiger partial charge in [0.1, 0.15) is 0 Å². The lowest BCUT2D eigenvalue weighted by Gasteiger charge is -2.37. The average Bonchev–Trinajstić information content (AvgIpc) is 2.90. The zero-order valence-electron chi connectivity index (χ0n) is 18.2. The molecular formula is C26H18N8. The van der Waals surface area contributed by atoms with Crippen LogP contribution in [0.25, 0.3) is 22.1 Å². The van der Waals surface area contributed by atoms with E-state index in [2.05, 4.69) is 32.1 Å². The van der Waals surface area contributed by atoms with Crippen LogP contribution in [0.15, 0.2) is 36.9 Å². The fourth-order valence-electron chi connectivity index (χ4n) is 6.76. The summed E-state index contributed by atoms with van der Waals surface area (Å²) in [6, 6.07) is 4.12. The largest absolute Gasteiger partial charge is 0.257 e. The summed E-state index contributed by atoms with van der Waals surface area (Å²) in [4.78, 5) is 39.1. The van der Waals surface area contributed by atoms with E-state index in [0.717, 1.165) is 93.3 Å². The van der Waals surface area contributed by atoms with Crippen LogP contribution in [0.2, 0.25) is 0 Å². The molecule has 6 aliphatic carbocycles. The van der Waals surface area contributed by atoms with Crippen LogP contribution in [0.4, 0.5) is 0 Å². The monoisotopic (exact) mass is 442 g/mol. The van der Waals surface area contributed by atoms with Gasteiger partial charge in [-0.25, -0.2) is 19.9 Å². The van der Waals surface area contributed by atoms with E-state index >= 15 is 0 Å². The van der Waals surface area contributed by atoms with Crippen molar-refractivity contribution in [3.05, 3.63) is 82.5 Å². The van der Waals surface area contributed by atoms with Crippen LogP contribution in [-0.4, -0.2) is 39.9 Å². The summed E-state index contributed by atoms with van der Waals surface area (Å²) in [5.41, 5.74) is 12.0. The number of nitrogens with zero attached hydrogens (tertiary/aromatic N) is 8. The first-order valence-corrected chi connectivity index (χ1v) is 12.0. The summed E-state index contributed by atoms with van der Waals surface area (Å²) in [5, 5.41) is 0. The number of rotatable bonds is 0. The molecule has 34 heavy (non-hydrogen) atoms. The molecule has 0 N–H and O–H groups in total. The van der Waals surface area contributed by atoms with Crippen molar-refractivity contribution < 1.29 is 0 Å². The Morgan fingerprint density at radius 3 is 0.912 bits per heavy atom. The lowest BCUT2D eigenvalue weighted by molar-refractivity contribution is 0.474. The Morgan fingerprint density at radius 1 is 0.382 bits per heavy atom. The Balaban J connectivity index is 1.26. The second-order valence-corrected chi connectivity index (χ2v) is 9.84. The van der Waals surface area contributed by atoms with Gasteiger partial charge in [-0.2, -0.15) is 0 Å². The van der Waals surface area contributed by atoms with Crippen LogP contribution in [0.1, 0.15) is 94.9 Å². The maximum Gasteiger partial charge on any atom is 0.0913 e. The van der Waals surface area contributed by atoms with Crippen LogP contribution >= 0.6 is 0 Å². The van der Waals surface area contributed by atoms with Gasteiger partial charge >= 0.3 is 0 Å². The van der Waals surface area contributed by atoms with Crippen molar-refractivity contribution in [2.75, 3.05) is 0 Å². The van der Waals surface area contributed by atoms with E-state index in [-0.39, 0.29) is 23.7 Å². The molecule has 0 amide bonds. The lowest BCUT2D eigenvalue weighted by atomic mass is 9.71. The molecule has 4 atom stereocenters. The predicted octanol–water partition coefficient (Wildman–Crippen LogP) is 3.90. The van der Waals surface area contributed by atoms with E-state index in [4.69, 9.17) is 19.9 Å². The minimum atomic E-state index is 0.178. The van der Waals surface area contributed by atoms with Gasteiger partial charge in [0.2, 0.25) is 0 Å². The zero-order chi connectivity index (χ0) is 22.0. The zero-order valence-corrected chi connectivity index (χ0v) is 18.2. The smallest absolute Gasteiger partial charge is 0.0913 e. The van der Waals surface area contributed by atoms with Crippen molar-refractivity contribution in [2.45, 2.75) is 49.4 Å². The van der Waals surface area contributed by atoms with Gasteiger partial charge in [-0.3, -0.25) is 19.9 Å². The predicted molar refractivity (Wildman–Crippen MR) is 123 cm³/mol. The van der Waals surface area contributed by atoms with Crippen molar-refractivity contribution in [1.82, 2.24) is 39.9 Å². The van der Waals surface area contributed by atoms with Crippen LogP contribution in [0.3, 0.4) is 0 Å². The number of hydrogen-bond acceptors (Lipinski definition) is 8. The molecule has 8 nitrogen and oxygen atoms in total. The third kappa shape index (κ3) is 2.05. The highest BCUT2D eigenvalue weighted by atomic mass is 14.9. The number of benzene rings is 1. The van der Waals surface area contributed by atoms with E-state index in [9.17, 15) is 0 Å².